The maximum absolute atomic E-state index is 11.6. The van der Waals surface area contributed by atoms with Crippen LogP contribution in [0.2, 0.25) is 0 Å². The number of hydrogen-bond acceptors (Lipinski definition) is 6. The summed E-state index contributed by atoms with van der Waals surface area (Å²) in [5, 5.41) is 9.05. The molecule has 1 aromatic rings. The number of aliphatic carboxylic acids is 1. The van der Waals surface area contributed by atoms with E-state index in [4.69, 9.17) is 24.1 Å². The van der Waals surface area contributed by atoms with Crippen LogP contribution in [0.3, 0.4) is 0 Å². The SMILES string of the molecule is CCOC(=O)C(=Cc1ccc(OCOCCOC)cc1)C(=O)O. The van der Waals surface area contributed by atoms with E-state index in [9.17, 15) is 9.59 Å². The van der Waals surface area contributed by atoms with Gasteiger partial charge in [0.15, 0.2) is 6.79 Å². The monoisotopic (exact) mass is 324 g/mol. The van der Waals surface area contributed by atoms with Crippen LogP contribution in [-0.2, 0) is 23.8 Å². The molecule has 0 radical (unpaired) electrons. The van der Waals surface area contributed by atoms with E-state index in [-0.39, 0.29) is 13.4 Å². The summed E-state index contributed by atoms with van der Waals surface area (Å²) in [5.41, 5.74) is 0.117. The Morgan fingerprint density at radius 2 is 1.87 bits per heavy atom. The van der Waals surface area contributed by atoms with E-state index in [1.54, 1.807) is 38.3 Å². The van der Waals surface area contributed by atoms with Gasteiger partial charge in [-0.1, -0.05) is 12.1 Å². The van der Waals surface area contributed by atoms with E-state index < -0.39 is 17.5 Å². The van der Waals surface area contributed by atoms with Crippen LogP contribution >= 0.6 is 0 Å². The van der Waals surface area contributed by atoms with Crippen molar-refractivity contribution in [3.05, 3.63) is 35.4 Å². The number of carboxylic acids is 1. The molecule has 0 unspecified atom stereocenters. The third-order valence-corrected chi connectivity index (χ3v) is 2.66. The standard InChI is InChI=1S/C16H20O7/c1-3-22-16(19)14(15(17)18)10-12-4-6-13(7-5-12)23-11-21-9-8-20-2/h4-7,10H,3,8-9,11H2,1-2H3,(H,17,18). The molecule has 7 heteroatoms. The summed E-state index contributed by atoms with van der Waals surface area (Å²) >= 11 is 0. The van der Waals surface area contributed by atoms with Crippen molar-refractivity contribution in [3.63, 3.8) is 0 Å². The van der Waals surface area contributed by atoms with E-state index in [0.717, 1.165) is 0 Å². The molecule has 0 saturated heterocycles. The van der Waals surface area contributed by atoms with Gasteiger partial charge in [0.05, 0.1) is 19.8 Å². The molecular weight excluding hydrogens is 304 g/mol. The van der Waals surface area contributed by atoms with Crippen LogP contribution in [0.15, 0.2) is 29.8 Å². The van der Waals surface area contributed by atoms with Gasteiger partial charge >= 0.3 is 11.9 Å². The predicted octanol–water partition coefficient (Wildman–Crippen LogP) is 1.72. The number of ether oxygens (including phenoxy) is 4. The lowest BCUT2D eigenvalue weighted by Crippen LogP contribution is -2.15. The van der Waals surface area contributed by atoms with Gasteiger partial charge in [0.25, 0.3) is 0 Å². The highest BCUT2D eigenvalue weighted by Crippen LogP contribution is 2.15. The maximum Gasteiger partial charge on any atom is 0.345 e. The molecule has 1 aromatic carbocycles. The van der Waals surface area contributed by atoms with Gasteiger partial charge in [0.1, 0.15) is 11.3 Å². The lowest BCUT2D eigenvalue weighted by atomic mass is 10.1. The first kappa shape index (κ1) is 18.7. The molecule has 0 fully saturated rings. The van der Waals surface area contributed by atoms with Crippen molar-refractivity contribution in [1.82, 2.24) is 0 Å². The van der Waals surface area contributed by atoms with Crippen molar-refractivity contribution in [1.29, 1.82) is 0 Å². The Labute approximate surface area is 134 Å². The summed E-state index contributed by atoms with van der Waals surface area (Å²) < 4.78 is 20.0. The maximum atomic E-state index is 11.6. The average Bonchev–Trinajstić information content (AvgIpc) is 2.53. The number of methoxy groups -OCH3 is 1. The van der Waals surface area contributed by atoms with Crippen molar-refractivity contribution in [2.75, 3.05) is 33.7 Å². The number of esters is 1. The molecule has 7 nitrogen and oxygen atoms in total. The molecule has 0 aliphatic heterocycles. The molecule has 0 amide bonds. The number of rotatable bonds is 10. The van der Waals surface area contributed by atoms with Crippen molar-refractivity contribution >= 4 is 18.0 Å². The van der Waals surface area contributed by atoms with Crippen LogP contribution in [0, 0.1) is 0 Å². The molecule has 0 aromatic heterocycles. The van der Waals surface area contributed by atoms with Gasteiger partial charge in [-0.3, -0.25) is 0 Å². The van der Waals surface area contributed by atoms with E-state index >= 15 is 0 Å². The fourth-order valence-corrected chi connectivity index (χ4v) is 1.55. The smallest absolute Gasteiger partial charge is 0.345 e. The Balaban J connectivity index is 2.65. The molecule has 0 heterocycles. The molecular formula is C16H20O7. The summed E-state index contributed by atoms with van der Waals surface area (Å²) in [6.07, 6.45) is 1.25. The zero-order chi connectivity index (χ0) is 17.1. The van der Waals surface area contributed by atoms with E-state index in [1.807, 2.05) is 0 Å². The number of hydrogen-bond donors (Lipinski definition) is 1. The normalized spacial score (nSPS) is 11.1. The Morgan fingerprint density at radius 3 is 2.43 bits per heavy atom. The molecule has 1 rings (SSSR count). The van der Waals surface area contributed by atoms with E-state index in [2.05, 4.69) is 0 Å². The molecule has 1 N–H and O–H groups in total. The topological polar surface area (TPSA) is 91.3 Å². The molecule has 0 bridgehead atoms. The van der Waals surface area contributed by atoms with Gasteiger partial charge in [-0.05, 0) is 30.7 Å². The lowest BCUT2D eigenvalue weighted by molar-refractivity contribution is -0.143. The Bertz CT molecular complexity index is 534. The zero-order valence-corrected chi connectivity index (χ0v) is 13.1. The minimum absolute atomic E-state index is 0.0851. The predicted molar refractivity (Wildman–Crippen MR) is 82.0 cm³/mol. The first-order chi connectivity index (χ1) is 11.1. The van der Waals surface area contributed by atoms with Crippen molar-refractivity contribution < 1.29 is 33.6 Å². The second-order valence-electron chi connectivity index (χ2n) is 4.32. The Morgan fingerprint density at radius 1 is 1.17 bits per heavy atom. The molecule has 0 saturated carbocycles. The highest BCUT2D eigenvalue weighted by atomic mass is 16.7. The van der Waals surface area contributed by atoms with Crippen LogP contribution in [0.25, 0.3) is 6.08 Å². The van der Waals surface area contributed by atoms with Gasteiger partial charge in [-0.2, -0.15) is 0 Å². The minimum atomic E-state index is -1.34. The molecule has 23 heavy (non-hydrogen) atoms. The average molecular weight is 324 g/mol. The van der Waals surface area contributed by atoms with Crippen LogP contribution in [0.1, 0.15) is 12.5 Å². The summed E-state index contributed by atoms with van der Waals surface area (Å²) in [5.74, 6) is -1.64. The molecule has 0 aliphatic rings. The van der Waals surface area contributed by atoms with Gasteiger partial charge < -0.3 is 24.1 Å². The number of carbonyl (C=O) groups excluding carboxylic acids is 1. The summed E-state index contributed by atoms with van der Waals surface area (Å²) in [6.45, 7) is 2.72. The first-order valence-electron chi connectivity index (χ1n) is 7.00. The Hall–Kier alpha value is -2.38. The molecule has 0 aliphatic carbocycles. The van der Waals surface area contributed by atoms with Crippen molar-refractivity contribution in [2.45, 2.75) is 6.92 Å². The fourth-order valence-electron chi connectivity index (χ4n) is 1.55. The molecule has 0 spiro atoms. The number of benzene rings is 1. The van der Waals surface area contributed by atoms with Crippen LogP contribution < -0.4 is 4.74 Å². The lowest BCUT2D eigenvalue weighted by Gasteiger charge is -2.07. The van der Waals surface area contributed by atoms with E-state index in [0.29, 0.717) is 24.5 Å². The molecule has 0 atom stereocenters. The summed E-state index contributed by atoms with van der Waals surface area (Å²) in [7, 11) is 1.58. The van der Waals surface area contributed by atoms with Gasteiger partial charge in [-0.15, -0.1) is 0 Å². The summed E-state index contributed by atoms with van der Waals surface area (Å²) in [6, 6.07) is 6.56. The van der Waals surface area contributed by atoms with Gasteiger partial charge in [0.2, 0.25) is 0 Å². The highest BCUT2D eigenvalue weighted by Gasteiger charge is 2.18. The number of carboxylic acid groups (broad SMARTS) is 1. The second-order valence-corrected chi connectivity index (χ2v) is 4.32. The van der Waals surface area contributed by atoms with Crippen molar-refractivity contribution in [3.8, 4) is 5.75 Å². The largest absolute Gasteiger partial charge is 0.477 e. The van der Waals surface area contributed by atoms with Crippen LogP contribution in [-0.4, -0.2) is 50.8 Å². The summed E-state index contributed by atoms with van der Waals surface area (Å²) in [4.78, 5) is 22.7. The molecule has 126 valence electrons. The quantitative estimate of drug-likeness (QED) is 0.175. The highest BCUT2D eigenvalue weighted by molar-refractivity contribution is 6.17. The van der Waals surface area contributed by atoms with Crippen molar-refractivity contribution in [2.24, 2.45) is 0 Å². The van der Waals surface area contributed by atoms with Crippen LogP contribution in [0.5, 0.6) is 5.75 Å². The second kappa shape index (κ2) is 10.4. The Kier molecular flexibility index (Phi) is 8.41. The third-order valence-electron chi connectivity index (χ3n) is 2.66. The van der Waals surface area contributed by atoms with Gasteiger partial charge in [-0.25, -0.2) is 9.59 Å². The van der Waals surface area contributed by atoms with Gasteiger partial charge in [0, 0.05) is 7.11 Å². The minimum Gasteiger partial charge on any atom is -0.477 e. The fraction of sp³-hybridized carbons (Fsp3) is 0.375. The number of carbonyl (C=O) groups is 2. The first-order valence-corrected chi connectivity index (χ1v) is 7.00. The third kappa shape index (κ3) is 6.94. The van der Waals surface area contributed by atoms with E-state index in [1.165, 1.54) is 6.08 Å². The van der Waals surface area contributed by atoms with Crippen LogP contribution in [0.4, 0.5) is 0 Å². The zero-order valence-electron chi connectivity index (χ0n) is 13.1.